The number of phenolic OH excluding ortho intramolecular Hbond substituents is 1. The van der Waals surface area contributed by atoms with Crippen LogP contribution in [-0.2, 0) is 9.59 Å². The van der Waals surface area contributed by atoms with Gasteiger partial charge in [0.1, 0.15) is 11.3 Å². The van der Waals surface area contributed by atoms with Crippen LogP contribution in [0.25, 0.3) is 6.08 Å². The summed E-state index contributed by atoms with van der Waals surface area (Å²) < 4.78 is 0. The fourth-order valence-corrected chi connectivity index (χ4v) is 2.87. The molecule has 27 heavy (non-hydrogen) atoms. The molecule has 136 valence electrons. The Morgan fingerprint density at radius 2 is 1.85 bits per heavy atom. The fourth-order valence-electron chi connectivity index (χ4n) is 2.46. The number of aromatic hydroxyl groups is 1. The second-order valence-electron chi connectivity index (χ2n) is 5.43. The Balaban J connectivity index is 2.09. The van der Waals surface area contributed by atoms with Gasteiger partial charge in [-0.15, -0.1) is 0 Å². The number of carbonyl (C=O) groups is 2. The standard InChI is InChI=1S/C17H10ClN3O5S/c18-10-1-3-11(4-2-10)20-16(24)13(15(23)19-17(20)27)8-9-7-12(22)5-6-14(9)21(25)26/h1-8,22H,(H,19,23,27)/b13-8+. The number of carbonyl (C=O) groups excluding carboxylic acids is 2. The van der Waals surface area contributed by atoms with Crippen molar-refractivity contribution in [2.45, 2.75) is 0 Å². The van der Waals surface area contributed by atoms with E-state index in [1.54, 1.807) is 24.3 Å². The number of nitrogens with zero attached hydrogens (tertiary/aromatic N) is 2. The van der Waals surface area contributed by atoms with E-state index in [0.717, 1.165) is 29.2 Å². The van der Waals surface area contributed by atoms with Crippen molar-refractivity contribution in [2.24, 2.45) is 0 Å². The SMILES string of the molecule is O=C1NC(=S)N(c2ccc(Cl)cc2)C(=O)/C1=C/c1cc(O)ccc1[N+](=O)[O-]. The first-order chi connectivity index (χ1) is 12.8. The Kier molecular flexibility index (Phi) is 4.89. The van der Waals surface area contributed by atoms with Crippen LogP contribution in [-0.4, -0.2) is 27.0 Å². The molecule has 0 unspecified atom stereocenters. The van der Waals surface area contributed by atoms with E-state index in [-0.39, 0.29) is 27.7 Å². The summed E-state index contributed by atoms with van der Waals surface area (Å²) in [6.45, 7) is 0. The molecule has 0 spiro atoms. The van der Waals surface area contributed by atoms with E-state index in [9.17, 15) is 24.8 Å². The number of nitro benzene ring substituents is 1. The molecule has 8 nitrogen and oxygen atoms in total. The highest BCUT2D eigenvalue weighted by molar-refractivity contribution is 7.80. The molecule has 2 amide bonds. The molecule has 2 aromatic rings. The molecule has 1 fully saturated rings. The average molecular weight is 404 g/mol. The Hall–Kier alpha value is -3.30. The molecule has 0 saturated carbocycles. The van der Waals surface area contributed by atoms with Crippen LogP contribution in [0.4, 0.5) is 11.4 Å². The zero-order valence-corrected chi connectivity index (χ0v) is 15.0. The highest BCUT2D eigenvalue weighted by Crippen LogP contribution is 2.28. The maximum Gasteiger partial charge on any atom is 0.276 e. The molecule has 1 saturated heterocycles. The van der Waals surface area contributed by atoms with E-state index in [1.807, 2.05) is 0 Å². The van der Waals surface area contributed by atoms with Crippen LogP contribution in [0.5, 0.6) is 5.75 Å². The number of phenols is 1. The van der Waals surface area contributed by atoms with Gasteiger partial charge < -0.3 is 5.11 Å². The Bertz CT molecular complexity index is 1020. The molecule has 1 aliphatic heterocycles. The van der Waals surface area contributed by atoms with Crippen molar-refractivity contribution in [1.29, 1.82) is 0 Å². The summed E-state index contributed by atoms with van der Waals surface area (Å²) in [6.07, 6.45) is 1.04. The molecule has 0 atom stereocenters. The molecule has 0 bridgehead atoms. The maximum atomic E-state index is 12.8. The number of amides is 2. The van der Waals surface area contributed by atoms with E-state index in [4.69, 9.17) is 23.8 Å². The van der Waals surface area contributed by atoms with Crippen molar-refractivity contribution in [3.8, 4) is 5.75 Å². The average Bonchev–Trinajstić information content (AvgIpc) is 2.60. The summed E-state index contributed by atoms with van der Waals surface area (Å²) in [4.78, 5) is 36.7. The molecule has 3 rings (SSSR count). The number of nitrogens with one attached hydrogen (secondary N) is 1. The minimum absolute atomic E-state index is 0.0950. The second-order valence-corrected chi connectivity index (χ2v) is 6.26. The van der Waals surface area contributed by atoms with E-state index in [2.05, 4.69) is 5.32 Å². The minimum Gasteiger partial charge on any atom is -0.508 e. The summed E-state index contributed by atoms with van der Waals surface area (Å²) in [5.41, 5.74) is -0.465. The summed E-state index contributed by atoms with van der Waals surface area (Å²) in [7, 11) is 0. The molecule has 1 aliphatic rings. The van der Waals surface area contributed by atoms with Gasteiger partial charge in [0.25, 0.3) is 17.5 Å². The molecule has 0 radical (unpaired) electrons. The molecule has 0 aromatic heterocycles. The van der Waals surface area contributed by atoms with E-state index >= 15 is 0 Å². The van der Waals surface area contributed by atoms with E-state index in [0.29, 0.717) is 10.7 Å². The highest BCUT2D eigenvalue weighted by Gasteiger charge is 2.35. The van der Waals surface area contributed by atoms with Gasteiger partial charge in [-0.25, -0.2) is 0 Å². The maximum absolute atomic E-state index is 12.8. The van der Waals surface area contributed by atoms with Crippen LogP contribution in [0, 0.1) is 10.1 Å². The van der Waals surface area contributed by atoms with Gasteiger partial charge >= 0.3 is 0 Å². The van der Waals surface area contributed by atoms with E-state index < -0.39 is 16.7 Å². The smallest absolute Gasteiger partial charge is 0.276 e. The number of halogens is 1. The number of thiocarbonyl (C=S) groups is 1. The molecule has 2 N–H and O–H groups in total. The third-order valence-electron chi connectivity index (χ3n) is 3.69. The van der Waals surface area contributed by atoms with Crippen LogP contribution in [0.15, 0.2) is 48.0 Å². The molecular formula is C17H10ClN3O5S. The van der Waals surface area contributed by atoms with Crippen molar-refractivity contribution in [2.75, 3.05) is 4.90 Å². The lowest BCUT2D eigenvalue weighted by atomic mass is 10.1. The molecule has 0 aliphatic carbocycles. The van der Waals surface area contributed by atoms with Crippen molar-refractivity contribution in [3.05, 3.63) is 68.7 Å². The zero-order chi connectivity index (χ0) is 19.7. The molecule has 10 heteroatoms. The van der Waals surface area contributed by atoms with Crippen molar-refractivity contribution >= 4 is 58.2 Å². The predicted molar refractivity (Wildman–Crippen MR) is 102 cm³/mol. The largest absolute Gasteiger partial charge is 0.508 e. The number of nitro groups is 1. The monoisotopic (exact) mass is 403 g/mol. The van der Waals surface area contributed by atoms with Crippen LogP contribution < -0.4 is 10.2 Å². The van der Waals surface area contributed by atoms with Crippen LogP contribution >= 0.6 is 23.8 Å². The highest BCUT2D eigenvalue weighted by atomic mass is 35.5. The third-order valence-corrected chi connectivity index (χ3v) is 4.23. The van der Waals surface area contributed by atoms with Gasteiger partial charge in [-0.05, 0) is 54.7 Å². The normalized spacial score (nSPS) is 15.8. The predicted octanol–water partition coefficient (Wildman–Crippen LogP) is 2.79. The van der Waals surface area contributed by atoms with Crippen molar-refractivity contribution < 1.29 is 19.6 Å². The lowest BCUT2D eigenvalue weighted by molar-refractivity contribution is -0.385. The number of hydrogen-bond donors (Lipinski definition) is 2. The van der Waals surface area contributed by atoms with Crippen LogP contribution in [0.1, 0.15) is 5.56 Å². The number of anilines is 1. The Morgan fingerprint density at radius 1 is 1.19 bits per heavy atom. The Labute approximate surface area is 162 Å². The van der Waals surface area contributed by atoms with Crippen LogP contribution in [0.3, 0.4) is 0 Å². The van der Waals surface area contributed by atoms with Gasteiger partial charge in [0.05, 0.1) is 16.2 Å². The quantitative estimate of drug-likeness (QED) is 0.268. The first kappa shape index (κ1) is 18.5. The topological polar surface area (TPSA) is 113 Å². The summed E-state index contributed by atoms with van der Waals surface area (Å²) >= 11 is 10.9. The third kappa shape index (κ3) is 3.64. The van der Waals surface area contributed by atoms with Crippen molar-refractivity contribution in [1.82, 2.24) is 5.32 Å². The summed E-state index contributed by atoms with van der Waals surface area (Å²) in [5, 5.41) is 23.5. The van der Waals surface area contributed by atoms with Gasteiger partial charge in [-0.2, -0.15) is 0 Å². The number of benzene rings is 2. The van der Waals surface area contributed by atoms with Gasteiger partial charge in [-0.1, -0.05) is 11.6 Å². The lowest BCUT2D eigenvalue weighted by Gasteiger charge is -2.28. The minimum atomic E-state index is -0.798. The first-order valence-electron chi connectivity index (χ1n) is 7.42. The first-order valence-corrected chi connectivity index (χ1v) is 8.21. The lowest BCUT2D eigenvalue weighted by Crippen LogP contribution is -2.54. The van der Waals surface area contributed by atoms with Gasteiger partial charge in [0.2, 0.25) is 0 Å². The molecular weight excluding hydrogens is 394 g/mol. The zero-order valence-electron chi connectivity index (χ0n) is 13.4. The second kappa shape index (κ2) is 7.14. The van der Waals surface area contributed by atoms with E-state index in [1.165, 1.54) is 0 Å². The molecule has 1 heterocycles. The van der Waals surface area contributed by atoms with Crippen molar-refractivity contribution in [3.63, 3.8) is 0 Å². The molecule has 2 aromatic carbocycles. The Morgan fingerprint density at radius 3 is 2.48 bits per heavy atom. The van der Waals surface area contributed by atoms with Crippen LogP contribution in [0.2, 0.25) is 5.02 Å². The van der Waals surface area contributed by atoms with Gasteiger partial charge in [0, 0.05) is 11.1 Å². The number of hydrogen-bond acceptors (Lipinski definition) is 6. The van der Waals surface area contributed by atoms with Gasteiger partial charge in [-0.3, -0.25) is 29.9 Å². The number of rotatable bonds is 3. The fraction of sp³-hybridized carbons (Fsp3) is 0. The summed E-state index contributed by atoms with van der Waals surface area (Å²) in [5.74, 6) is -1.81. The van der Waals surface area contributed by atoms with Gasteiger partial charge in [0.15, 0.2) is 5.11 Å². The summed E-state index contributed by atoms with van der Waals surface area (Å²) in [6, 6.07) is 9.48.